The zero-order valence-corrected chi connectivity index (χ0v) is 16.3. The Bertz CT molecular complexity index is 388. The first-order chi connectivity index (χ1) is 11.6. The topological polar surface area (TPSA) is 64.7 Å². The van der Waals surface area contributed by atoms with Crippen LogP contribution >= 0.6 is 0 Å². The molecule has 0 amide bonds. The Kier molecular flexibility index (Phi) is 20.0. The molecule has 0 N–H and O–H groups in total. The van der Waals surface area contributed by atoms with Crippen molar-refractivity contribution in [3.63, 3.8) is 0 Å². The van der Waals surface area contributed by atoms with Crippen molar-refractivity contribution in [3.05, 3.63) is 11.1 Å². The SMILES string of the molecule is CCCCC(=O)CCCC.CCCCC(CCCC)=C(C#N)C#N. The molecule has 0 aromatic heterocycles. The predicted octanol–water partition coefficient (Wildman–Crippen LogP) is 6.65. The fourth-order valence-corrected chi connectivity index (χ4v) is 2.21. The van der Waals surface area contributed by atoms with Crippen LogP contribution in [0.5, 0.6) is 0 Å². The molecule has 0 unspecified atom stereocenters. The molecule has 0 aliphatic rings. The summed E-state index contributed by atoms with van der Waals surface area (Å²) in [5, 5.41) is 17.5. The molecule has 0 fully saturated rings. The van der Waals surface area contributed by atoms with E-state index in [4.69, 9.17) is 10.5 Å². The fraction of sp³-hybridized carbons (Fsp3) is 0.762. The van der Waals surface area contributed by atoms with Gasteiger partial charge in [0.1, 0.15) is 23.5 Å². The third-order valence-electron chi connectivity index (χ3n) is 3.86. The van der Waals surface area contributed by atoms with Crippen LogP contribution in [0.1, 0.15) is 105 Å². The smallest absolute Gasteiger partial charge is 0.132 e. The second-order valence-corrected chi connectivity index (χ2v) is 6.16. The van der Waals surface area contributed by atoms with Gasteiger partial charge in [-0.05, 0) is 44.1 Å². The number of unbranched alkanes of at least 4 members (excludes halogenated alkanes) is 4. The first-order valence-corrected chi connectivity index (χ1v) is 9.64. The van der Waals surface area contributed by atoms with Gasteiger partial charge in [0.15, 0.2) is 0 Å². The van der Waals surface area contributed by atoms with Crippen LogP contribution in [0.15, 0.2) is 11.1 Å². The van der Waals surface area contributed by atoms with E-state index in [9.17, 15) is 4.79 Å². The van der Waals surface area contributed by atoms with Crippen LogP contribution in [0.3, 0.4) is 0 Å². The molecular formula is C21H36N2O. The average Bonchev–Trinajstić information content (AvgIpc) is 2.61. The van der Waals surface area contributed by atoms with E-state index in [0.29, 0.717) is 11.4 Å². The van der Waals surface area contributed by atoms with Gasteiger partial charge in [-0.25, -0.2) is 0 Å². The quantitative estimate of drug-likeness (QED) is 0.376. The van der Waals surface area contributed by atoms with Gasteiger partial charge < -0.3 is 0 Å². The van der Waals surface area contributed by atoms with Gasteiger partial charge in [-0.3, -0.25) is 4.79 Å². The van der Waals surface area contributed by atoms with Crippen molar-refractivity contribution in [2.45, 2.75) is 105 Å². The molecule has 0 atom stereocenters. The summed E-state index contributed by atoms with van der Waals surface area (Å²) in [6.45, 7) is 8.48. The number of nitrogens with zero attached hydrogens (tertiary/aromatic N) is 2. The summed E-state index contributed by atoms with van der Waals surface area (Å²) in [6, 6.07) is 3.98. The van der Waals surface area contributed by atoms with Gasteiger partial charge in [-0.1, -0.05) is 53.4 Å². The van der Waals surface area contributed by atoms with Gasteiger partial charge in [-0.2, -0.15) is 10.5 Å². The molecule has 0 heterocycles. The monoisotopic (exact) mass is 332 g/mol. The Balaban J connectivity index is 0. The van der Waals surface area contributed by atoms with Gasteiger partial charge in [-0.15, -0.1) is 0 Å². The van der Waals surface area contributed by atoms with E-state index in [1.165, 1.54) is 0 Å². The molecule has 0 saturated heterocycles. The number of ketones is 1. The molecule has 0 bridgehead atoms. The predicted molar refractivity (Wildman–Crippen MR) is 101 cm³/mol. The summed E-state index contributed by atoms with van der Waals surface area (Å²) in [7, 11) is 0. The highest BCUT2D eigenvalue weighted by atomic mass is 16.1. The Morgan fingerprint density at radius 2 is 1.00 bits per heavy atom. The maximum absolute atomic E-state index is 11.0. The third kappa shape index (κ3) is 15.3. The van der Waals surface area contributed by atoms with Gasteiger partial charge in [0.05, 0.1) is 0 Å². The lowest BCUT2D eigenvalue weighted by molar-refractivity contribution is -0.119. The summed E-state index contributed by atoms with van der Waals surface area (Å²) in [5.74, 6) is 0.448. The second-order valence-electron chi connectivity index (χ2n) is 6.16. The van der Waals surface area contributed by atoms with Gasteiger partial charge in [0, 0.05) is 12.8 Å². The first-order valence-electron chi connectivity index (χ1n) is 9.64. The van der Waals surface area contributed by atoms with Gasteiger partial charge >= 0.3 is 0 Å². The van der Waals surface area contributed by atoms with Crippen LogP contribution < -0.4 is 0 Å². The van der Waals surface area contributed by atoms with Crippen LogP contribution in [-0.2, 0) is 4.79 Å². The first kappa shape index (κ1) is 24.6. The highest BCUT2D eigenvalue weighted by molar-refractivity contribution is 5.78. The summed E-state index contributed by atoms with van der Waals surface area (Å²) in [6.07, 6.45) is 12.2. The fourth-order valence-electron chi connectivity index (χ4n) is 2.21. The van der Waals surface area contributed by atoms with Crippen molar-refractivity contribution in [1.29, 1.82) is 10.5 Å². The maximum Gasteiger partial charge on any atom is 0.132 e. The maximum atomic E-state index is 11.0. The molecule has 3 heteroatoms. The number of rotatable bonds is 12. The van der Waals surface area contributed by atoms with Crippen LogP contribution in [0.25, 0.3) is 0 Å². The Labute approximate surface area is 149 Å². The standard InChI is InChI=1S/C12H18N2.C9H18O/c1-3-5-7-11(8-6-4-2)12(9-13)10-14;1-3-5-7-9(10)8-6-4-2/h3-8H2,1-2H3;3-8H2,1-2H3. The molecular weight excluding hydrogens is 296 g/mol. The number of carbonyl (C=O) groups excluding carboxylic acids is 1. The zero-order valence-electron chi connectivity index (χ0n) is 16.3. The van der Waals surface area contributed by atoms with Gasteiger partial charge in [0.25, 0.3) is 0 Å². The van der Waals surface area contributed by atoms with Crippen LogP contribution in [-0.4, -0.2) is 5.78 Å². The van der Waals surface area contributed by atoms with Crippen molar-refractivity contribution < 1.29 is 4.79 Å². The molecule has 0 radical (unpaired) electrons. The Morgan fingerprint density at radius 1 is 0.667 bits per heavy atom. The molecule has 0 saturated carbocycles. The minimum atomic E-state index is 0.340. The molecule has 3 nitrogen and oxygen atoms in total. The molecule has 0 aromatic rings. The second kappa shape index (κ2) is 19.4. The van der Waals surface area contributed by atoms with E-state index < -0.39 is 0 Å². The lowest BCUT2D eigenvalue weighted by Gasteiger charge is -2.05. The number of hydrogen-bond acceptors (Lipinski definition) is 3. The van der Waals surface area contributed by atoms with E-state index in [1.807, 2.05) is 12.1 Å². The van der Waals surface area contributed by atoms with Crippen molar-refractivity contribution in [2.75, 3.05) is 0 Å². The molecule has 0 rings (SSSR count). The van der Waals surface area contributed by atoms with E-state index in [-0.39, 0.29) is 0 Å². The average molecular weight is 333 g/mol. The lowest BCUT2D eigenvalue weighted by Crippen LogP contribution is -1.96. The van der Waals surface area contributed by atoms with E-state index in [2.05, 4.69) is 27.7 Å². The normalized spacial score (nSPS) is 9.25. The van der Waals surface area contributed by atoms with Crippen molar-refractivity contribution >= 4 is 5.78 Å². The van der Waals surface area contributed by atoms with E-state index in [0.717, 1.165) is 82.6 Å². The number of hydrogen-bond donors (Lipinski definition) is 0. The van der Waals surface area contributed by atoms with Crippen molar-refractivity contribution in [1.82, 2.24) is 0 Å². The zero-order chi connectivity index (χ0) is 18.6. The molecule has 24 heavy (non-hydrogen) atoms. The third-order valence-corrected chi connectivity index (χ3v) is 3.86. The molecule has 0 aliphatic carbocycles. The van der Waals surface area contributed by atoms with Crippen molar-refractivity contribution in [2.24, 2.45) is 0 Å². The molecule has 0 aliphatic heterocycles. The number of Topliss-reactive ketones (excluding diaryl/α,β-unsaturated/α-hetero) is 1. The van der Waals surface area contributed by atoms with Crippen LogP contribution in [0.4, 0.5) is 0 Å². The lowest BCUT2D eigenvalue weighted by atomic mass is 9.98. The van der Waals surface area contributed by atoms with Gasteiger partial charge in [0.2, 0.25) is 0 Å². The molecule has 0 spiro atoms. The summed E-state index contributed by atoms with van der Waals surface area (Å²) >= 11 is 0. The minimum absolute atomic E-state index is 0.340. The largest absolute Gasteiger partial charge is 0.300 e. The number of carbonyl (C=O) groups is 1. The van der Waals surface area contributed by atoms with Crippen LogP contribution in [0, 0.1) is 22.7 Å². The Morgan fingerprint density at radius 3 is 1.29 bits per heavy atom. The highest BCUT2D eigenvalue weighted by Crippen LogP contribution is 2.18. The number of allylic oxidation sites excluding steroid dienone is 2. The van der Waals surface area contributed by atoms with E-state index in [1.54, 1.807) is 0 Å². The minimum Gasteiger partial charge on any atom is -0.300 e. The van der Waals surface area contributed by atoms with Crippen molar-refractivity contribution in [3.8, 4) is 12.1 Å². The summed E-state index contributed by atoms with van der Waals surface area (Å²) < 4.78 is 0. The number of nitriles is 2. The Hall–Kier alpha value is -1.61. The molecule has 0 aromatic carbocycles. The highest BCUT2D eigenvalue weighted by Gasteiger charge is 2.05. The summed E-state index contributed by atoms with van der Waals surface area (Å²) in [4.78, 5) is 11.0. The molecule has 136 valence electrons. The summed E-state index contributed by atoms with van der Waals surface area (Å²) in [5.41, 5.74) is 1.39. The van der Waals surface area contributed by atoms with E-state index >= 15 is 0 Å². The van der Waals surface area contributed by atoms with Crippen LogP contribution in [0.2, 0.25) is 0 Å².